The number of ether oxygens (including phenoxy) is 1. The van der Waals surface area contributed by atoms with Gasteiger partial charge in [0, 0.05) is 17.5 Å². The van der Waals surface area contributed by atoms with Crippen molar-refractivity contribution in [3.63, 3.8) is 0 Å². The summed E-state index contributed by atoms with van der Waals surface area (Å²) in [5.74, 6) is 0.883. The molecule has 100 valence electrons. The Morgan fingerprint density at radius 3 is 2.72 bits per heavy atom. The van der Waals surface area contributed by atoms with Crippen molar-refractivity contribution in [1.29, 1.82) is 0 Å². The minimum Gasteiger partial charge on any atom is -0.497 e. The van der Waals surface area contributed by atoms with Crippen molar-refractivity contribution in [3.05, 3.63) is 29.8 Å². The van der Waals surface area contributed by atoms with Crippen molar-refractivity contribution < 1.29 is 9.84 Å². The number of hydrogen-bond acceptors (Lipinski definition) is 3. The molecule has 2 rings (SSSR count). The SMILES string of the molecule is COc1cccc(C(C)NC2CC(O)C2(C)C)c1. The predicted octanol–water partition coefficient (Wildman–Crippen LogP) is 2.51. The molecular weight excluding hydrogens is 226 g/mol. The molecule has 0 radical (unpaired) electrons. The Hall–Kier alpha value is -1.06. The van der Waals surface area contributed by atoms with Gasteiger partial charge in [0.2, 0.25) is 0 Å². The van der Waals surface area contributed by atoms with Gasteiger partial charge in [0.05, 0.1) is 13.2 Å². The highest BCUT2D eigenvalue weighted by molar-refractivity contribution is 5.30. The van der Waals surface area contributed by atoms with E-state index in [2.05, 4.69) is 38.2 Å². The third-order valence-electron chi connectivity index (χ3n) is 4.26. The molecular formula is C15H23NO2. The van der Waals surface area contributed by atoms with Gasteiger partial charge >= 0.3 is 0 Å². The Labute approximate surface area is 109 Å². The van der Waals surface area contributed by atoms with E-state index in [0.717, 1.165) is 12.2 Å². The van der Waals surface area contributed by atoms with Gasteiger partial charge in [0.25, 0.3) is 0 Å². The van der Waals surface area contributed by atoms with Crippen LogP contribution in [0, 0.1) is 5.41 Å². The van der Waals surface area contributed by atoms with Crippen molar-refractivity contribution >= 4 is 0 Å². The van der Waals surface area contributed by atoms with Gasteiger partial charge in [-0.3, -0.25) is 0 Å². The summed E-state index contributed by atoms with van der Waals surface area (Å²) in [5.41, 5.74) is 1.18. The minimum atomic E-state index is -0.187. The molecule has 1 aromatic rings. The first-order valence-electron chi connectivity index (χ1n) is 6.53. The van der Waals surface area contributed by atoms with Crippen LogP contribution in [0.15, 0.2) is 24.3 Å². The van der Waals surface area contributed by atoms with Gasteiger partial charge in [-0.2, -0.15) is 0 Å². The average Bonchev–Trinajstić information content (AvgIpc) is 2.38. The molecule has 1 fully saturated rings. The number of aliphatic hydroxyl groups is 1. The normalized spacial score (nSPS) is 27.4. The van der Waals surface area contributed by atoms with Crippen LogP contribution in [0.4, 0.5) is 0 Å². The summed E-state index contributed by atoms with van der Waals surface area (Å²) in [4.78, 5) is 0. The molecule has 0 aliphatic heterocycles. The summed E-state index contributed by atoms with van der Waals surface area (Å²) in [6.07, 6.45) is 0.647. The van der Waals surface area contributed by atoms with Gasteiger partial charge < -0.3 is 15.2 Å². The third kappa shape index (κ3) is 2.38. The second-order valence-corrected chi connectivity index (χ2v) is 5.79. The van der Waals surface area contributed by atoms with Gasteiger partial charge in [-0.15, -0.1) is 0 Å². The lowest BCUT2D eigenvalue weighted by Crippen LogP contribution is -2.60. The molecule has 0 bridgehead atoms. The van der Waals surface area contributed by atoms with E-state index in [1.54, 1.807) is 7.11 Å². The van der Waals surface area contributed by atoms with Gasteiger partial charge in [-0.25, -0.2) is 0 Å². The Bertz CT molecular complexity index is 417. The molecule has 3 atom stereocenters. The Morgan fingerprint density at radius 2 is 2.17 bits per heavy atom. The van der Waals surface area contributed by atoms with E-state index < -0.39 is 0 Å². The summed E-state index contributed by atoms with van der Waals surface area (Å²) in [7, 11) is 1.68. The van der Waals surface area contributed by atoms with Crippen LogP contribution in [-0.2, 0) is 0 Å². The highest BCUT2D eigenvalue weighted by Gasteiger charge is 2.47. The maximum atomic E-state index is 9.75. The quantitative estimate of drug-likeness (QED) is 0.861. The average molecular weight is 249 g/mol. The molecule has 0 amide bonds. The molecule has 18 heavy (non-hydrogen) atoms. The zero-order valence-corrected chi connectivity index (χ0v) is 11.6. The molecule has 3 nitrogen and oxygen atoms in total. The summed E-state index contributed by atoms with van der Waals surface area (Å²) < 4.78 is 5.24. The Balaban J connectivity index is 2.02. The number of nitrogens with one attached hydrogen (secondary N) is 1. The number of benzene rings is 1. The maximum Gasteiger partial charge on any atom is 0.119 e. The van der Waals surface area contributed by atoms with Crippen molar-refractivity contribution in [2.24, 2.45) is 5.41 Å². The van der Waals surface area contributed by atoms with Gasteiger partial charge in [-0.1, -0.05) is 26.0 Å². The maximum absolute atomic E-state index is 9.75. The molecule has 3 heteroatoms. The van der Waals surface area contributed by atoms with Gasteiger partial charge in [-0.05, 0) is 31.0 Å². The second-order valence-electron chi connectivity index (χ2n) is 5.79. The van der Waals surface area contributed by atoms with E-state index >= 15 is 0 Å². The zero-order valence-electron chi connectivity index (χ0n) is 11.6. The second kappa shape index (κ2) is 4.90. The summed E-state index contributed by atoms with van der Waals surface area (Å²) in [6.45, 7) is 6.36. The van der Waals surface area contributed by atoms with Crippen molar-refractivity contribution in [3.8, 4) is 5.75 Å². The van der Waals surface area contributed by atoms with Crippen LogP contribution in [0.25, 0.3) is 0 Å². The topological polar surface area (TPSA) is 41.5 Å². The zero-order chi connectivity index (χ0) is 13.3. The molecule has 0 spiro atoms. The number of methoxy groups -OCH3 is 1. The number of rotatable bonds is 4. The Kier molecular flexibility index (Phi) is 3.64. The molecule has 0 aromatic heterocycles. The molecule has 1 aliphatic carbocycles. The van der Waals surface area contributed by atoms with Crippen LogP contribution in [0.2, 0.25) is 0 Å². The van der Waals surface area contributed by atoms with Crippen molar-refractivity contribution in [2.45, 2.75) is 45.4 Å². The summed E-state index contributed by atoms with van der Waals surface area (Å²) in [5, 5.41) is 13.3. The smallest absolute Gasteiger partial charge is 0.119 e. The van der Waals surface area contributed by atoms with Crippen LogP contribution < -0.4 is 10.1 Å². The van der Waals surface area contributed by atoms with E-state index in [-0.39, 0.29) is 17.6 Å². The molecule has 1 aliphatic rings. The van der Waals surface area contributed by atoms with E-state index in [9.17, 15) is 5.11 Å². The lowest BCUT2D eigenvalue weighted by molar-refractivity contribution is -0.0754. The fourth-order valence-electron chi connectivity index (χ4n) is 2.49. The molecule has 1 aromatic carbocycles. The standard InChI is InChI=1S/C15H23NO2/c1-10(11-6-5-7-12(8-11)18-4)16-13-9-14(17)15(13,2)3/h5-8,10,13-14,16-17H,9H2,1-4H3. The molecule has 0 saturated heterocycles. The highest BCUT2D eigenvalue weighted by atomic mass is 16.5. The van der Waals surface area contributed by atoms with E-state index in [1.807, 2.05) is 12.1 Å². The monoisotopic (exact) mass is 249 g/mol. The van der Waals surface area contributed by atoms with Crippen LogP contribution in [-0.4, -0.2) is 24.4 Å². The van der Waals surface area contributed by atoms with Crippen LogP contribution in [0.1, 0.15) is 38.8 Å². The largest absolute Gasteiger partial charge is 0.497 e. The first-order chi connectivity index (χ1) is 8.45. The predicted molar refractivity (Wildman–Crippen MR) is 72.7 cm³/mol. The fraction of sp³-hybridized carbons (Fsp3) is 0.600. The number of hydrogen-bond donors (Lipinski definition) is 2. The van der Waals surface area contributed by atoms with E-state index in [4.69, 9.17) is 4.74 Å². The summed E-state index contributed by atoms with van der Waals surface area (Å²) >= 11 is 0. The minimum absolute atomic E-state index is 0.0346. The lowest BCUT2D eigenvalue weighted by Gasteiger charge is -2.50. The fourth-order valence-corrected chi connectivity index (χ4v) is 2.49. The molecule has 2 N–H and O–H groups in total. The highest BCUT2D eigenvalue weighted by Crippen LogP contribution is 2.41. The molecule has 0 heterocycles. The number of aliphatic hydroxyl groups excluding tert-OH is 1. The van der Waals surface area contributed by atoms with Crippen LogP contribution >= 0.6 is 0 Å². The lowest BCUT2D eigenvalue weighted by atomic mass is 9.64. The summed E-state index contributed by atoms with van der Waals surface area (Å²) in [6, 6.07) is 8.74. The van der Waals surface area contributed by atoms with Gasteiger partial charge in [0.15, 0.2) is 0 Å². The first-order valence-corrected chi connectivity index (χ1v) is 6.53. The Morgan fingerprint density at radius 1 is 1.44 bits per heavy atom. The van der Waals surface area contributed by atoms with Crippen molar-refractivity contribution in [1.82, 2.24) is 5.32 Å². The molecule has 3 unspecified atom stereocenters. The van der Waals surface area contributed by atoms with E-state index in [0.29, 0.717) is 6.04 Å². The van der Waals surface area contributed by atoms with Crippen LogP contribution in [0.3, 0.4) is 0 Å². The molecule has 1 saturated carbocycles. The third-order valence-corrected chi connectivity index (χ3v) is 4.26. The van der Waals surface area contributed by atoms with Crippen molar-refractivity contribution in [2.75, 3.05) is 7.11 Å². The van der Waals surface area contributed by atoms with E-state index in [1.165, 1.54) is 5.56 Å². The van der Waals surface area contributed by atoms with Gasteiger partial charge in [0.1, 0.15) is 5.75 Å². The first kappa shape index (κ1) is 13.4. The van der Waals surface area contributed by atoms with Crippen LogP contribution in [0.5, 0.6) is 5.75 Å².